The first-order valence-corrected chi connectivity index (χ1v) is 40.5. The largest absolute Gasteiger partial charge is 0.309 e. The summed E-state index contributed by atoms with van der Waals surface area (Å²) in [7, 11) is 0. The molecule has 1 aliphatic carbocycles. The summed E-state index contributed by atoms with van der Waals surface area (Å²) in [6.07, 6.45) is 0. The van der Waals surface area contributed by atoms with Crippen LogP contribution in [-0.2, 0) is 5.41 Å². The molecule has 0 radical (unpaired) electrons. The van der Waals surface area contributed by atoms with Crippen LogP contribution in [0.15, 0.2) is 413 Å². The van der Waals surface area contributed by atoms with Crippen LogP contribution in [0.4, 0.5) is 0 Å². The van der Waals surface area contributed by atoms with E-state index in [0.29, 0.717) is 0 Å². The minimum atomic E-state index is -0.0647. The van der Waals surface area contributed by atoms with Crippen LogP contribution in [0.2, 0.25) is 0 Å². The van der Waals surface area contributed by atoms with Crippen molar-refractivity contribution in [1.29, 1.82) is 0 Å². The number of benzene rings is 18. The van der Waals surface area contributed by atoms with Crippen molar-refractivity contribution < 1.29 is 0 Å². The highest BCUT2D eigenvalue weighted by molar-refractivity contribution is 6.17. The molecule has 0 atom stereocenters. The van der Waals surface area contributed by atoms with Crippen LogP contribution in [0.25, 0.3) is 209 Å². The first-order valence-electron chi connectivity index (χ1n) is 40.5. The Labute approximate surface area is 675 Å². The fourth-order valence-electron chi connectivity index (χ4n) is 20.0. The molecule has 25 rings (SSSR count). The summed E-state index contributed by atoms with van der Waals surface area (Å²) in [5.41, 5.74) is 34.1. The van der Waals surface area contributed by atoms with E-state index in [1.807, 2.05) is 0 Å². The third-order valence-corrected chi connectivity index (χ3v) is 25.3. The number of hydrogen-bond acceptors (Lipinski definition) is 0. The van der Waals surface area contributed by atoms with Crippen molar-refractivity contribution in [1.82, 2.24) is 27.4 Å². The van der Waals surface area contributed by atoms with E-state index in [-0.39, 0.29) is 5.41 Å². The Morgan fingerprint density at radius 1 is 0.154 bits per heavy atom. The molecule has 6 heterocycles. The Morgan fingerprint density at radius 2 is 0.419 bits per heavy atom. The van der Waals surface area contributed by atoms with Crippen LogP contribution in [0.5, 0.6) is 0 Å². The van der Waals surface area contributed by atoms with Gasteiger partial charge in [-0.2, -0.15) is 0 Å². The smallest absolute Gasteiger partial charge is 0.0541 e. The second-order valence-electron chi connectivity index (χ2n) is 31.9. The molecule has 0 saturated heterocycles. The normalized spacial score (nSPS) is 12.6. The summed E-state index contributed by atoms with van der Waals surface area (Å²) in [6, 6.07) is 152. The van der Waals surface area contributed by atoms with Crippen LogP contribution in [0, 0.1) is 0 Å². The number of para-hydroxylation sites is 9. The van der Waals surface area contributed by atoms with Crippen LogP contribution < -0.4 is 0 Å². The van der Waals surface area contributed by atoms with Crippen molar-refractivity contribution in [2.24, 2.45) is 0 Å². The molecule has 0 fully saturated rings. The number of fused-ring (bicyclic) bond motifs is 21. The van der Waals surface area contributed by atoms with Gasteiger partial charge in [-0.15, -0.1) is 0 Å². The first kappa shape index (κ1) is 66.4. The van der Waals surface area contributed by atoms with E-state index in [1.165, 1.54) is 198 Å². The predicted octanol–water partition coefficient (Wildman–Crippen LogP) is 29.3. The minimum absolute atomic E-state index is 0.0647. The molecule has 6 aromatic heterocycles. The van der Waals surface area contributed by atoms with Gasteiger partial charge in [0.1, 0.15) is 0 Å². The summed E-state index contributed by atoms with van der Waals surface area (Å²) in [5, 5.41) is 15.1. The average Bonchev–Trinajstić information content (AvgIpc) is 1.60. The lowest BCUT2D eigenvalue weighted by atomic mass is 9.82. The summed E-state index contributed by atoms with van der Waals surface area (Å²) in [4.78, 5) is 0. The second kappa shape index (κ2) is 25.9. The molecule has 24 aromatic rings. The fourth-order valence-corrected chi connectivity index (χ4v) is 20.0. The Hall–Kier alpha value is -15.2. The second-order valence-corrected chi connectivity index (χ2v) is 31.9. The number of nitrogens with zero attached hydrogens (tertiary/aromatic N) is 6. The lowest BCUT2D eigenvalue weighted by Crippen LogP contribution is -2.15. The number of rotatable bonds is 9. The molecular formula is C111H74N6. The van der Waals surface area contributed by atoms with Gasteiger partial charge in [-0.05, 0) is 202 Å². The SMILES string of the molecule is CC1(C)c2ccccc2-c2ccc(-n3c4ccccc4c4cc(-c5ccc6c(c5)c5ccccc5n6-c5cccc(-n6c7ccccc7c7ccccc76)c5)ccc43)cc21.c1ccc(-c2ccccc2-n2c3ccccc3c3cc(-c4ccc5c(c4)c4ccccc4n5-c4cccc(-n5c6ccccc6c6ccccc65)c4)ccc32)cc1. The van der Waals surface area contributed by atoms with Gasteiger partial charge in [-0.1, -0.05) is 275 Å². The summed E-state index contributed by atoms with van der Waals surface area (Å²) in [5.74, 6) is 0. The quantitative estimate of drug-likeness (QED) is 0.138. The van der Waals surface area contributed by atoms with Gasteiger partial charge >= 0.3 is 0 Å². The number of aromatic nitrogens is 6. The number of hydrogen-bond donors (Lipinski definition) is 0. The Kier molecular flexibility index (Phi) is 14.7. The average molecular weight is 1490 g/mol. The van der Waals surface area contributed by atoms with Crippen LogP contribution in [0.3, 0.4) is 0 Å². The predicted molar refractivity (Wildman–Crippen MR) is 493 cm³/mol. The molecule has 1 aliphatic rings. The maximum Gasteiger partial charge on any atom is 0.0541 e. The van der Waals surface area contributed by atoms with E-state index in [9.17, 15) is 0 Å². The summed E-state index contributed by atoms with van der Waals surface area (Å²) in [6.45, 7) is 4.72. The molecule has 0 unspecified atom stereocenters. The van der Waals surface area contributed by atoms with Crippen molar-refractivity contribution >= 4 is 131 Å². The van der Waals surface area contributed by atoms with E-state index < -0.39 is 0 Å². The molecule has 0 spiro atoms. The van der Waals surface area contributed by atoms with Crippen molar-refractivity contribution in [3.05, 3.63) is 424 Å². The van der Waals surface area contributed by atoms with Gasteiger partial charge in [0.25, 0.3) is 0 Å². The molecule has 6 nitrogen and oxygen atoms in total. The molecule has 18 aromatic carbocycles. The highest BCUT2D eigenvalue weighted by atomic mass is 15.0. The maximum atomic E-state index is 2.46. The molecule has 548 valence electrons. The van der Waals surface area contributed by atoms with Gasteiger partial charge in [0.2, 0.25) is 0 Å². The van der Waals surface area contributed by atoms with Gasteiger partial charge in [-0.3, -0.25) is 0 Å². The summed E-state index contributed by atoms with van der Waals surface area (Å²) >= 11 is 0. The van der Waals surface area contributed by atoms with Gasteiger partial charge in [0.15, 0.2) is 0 Å². The zero-order chi connectivity index (χ0) is 77.1. The van der Waals surface area contributed by atoms with Gasteiger partial charge in [0, 0.05) is 104 Å². The van der Waals surface area contributed by atoms with Crippen LogP contribution in [-0.4, -0.2) is 27.4 Å². The molecular weight excluding hydrogens is 1420 g/mol. The van der Waals surface area contributed by atoms with E-state index in [2.05, 4.69) is 454 Å². The molecule has 0 amide bonds. The lowest BCUT2D eigenvalue weighted by molar-refractivity contribution is 0.660. The molecule has 0 saturated carbocycles. The Morgan fingerprint density at radius 3 is 0.786 bits per heavy atom. The van der Waals surface area contributed by atoms with Crippen LogP contribution in [0.1, 0.15) is 25.0 Å². The third kappa shape index (κ3) is 10.1. The van der Waals surface area contributed by atoms with E-state index in [4.69, 9.17) is 0 Å². The van der Waals surface area contributed by atoms with Crippen molar-refractivity contribution in [3.8, 4) is 78.6 Å². The summed E-state index contributed by atoms with van der Waals surface area (Å²) < 4.78 is 14.5. The van der Waals surface area contributed by atoms with E-state index in [0.717, 1.165) is 22.7 Å². The first-order chi connectivity index (χ1) is 57.8. The highest BCUT2D eigenvalue weighted by Gasteiger charge is 2.36. The topological polar surface area (TPSA) is 29.6 Å². The molecule has 117 heavy (non-hydrogen) atoms. The van der Waals surface area contributed by atoms with E-state index in [1.54, 1.807) is 0 Å². The van der Waals surface area contributed by atoms with Gasteiger partial charge in [-0.25, -0.2) is 0 Å². The van der Waals surface area contributed by atoms with Crippen molar-refractivity contribution in [3.63, 3.8) is 0 Å². The van der Waals surface area contributed by atoms with Gasteiger partial charge in [0.05, 0.1) is 71.9 Å². The zero-order valence-electron chi connectivity index (χ0n) is 64.4. The molecule has 6 heteroatoms. The monoisotopic (exact) mass is 1490 g/mol. The van der Waals surface area contributed by atoms with Crippen molar-refractivity contribution in [2.75, 3.05) is 0 Å². The van der Waals surface area contributed by atoms with E-state index >= 15 is 0 Å². The Bertz CT molecular complexity index is 8140. The fraction of sp³-hybridized carbons (Fsp3) is 0.0270. The van der Waals surface area contributed by atoms with Gasteiger partial charge < -0.3 is 27.4 Å². The Balaban J connectivity index is 0.000000134. The van der Waals surface area contributed by atoms with Crippen LogP contribution >= 0.6 is 0 Å². The zero-order valence-corrected chi connectivity index (χ0v) is 64.4. The molecule has 0 aliphatic heterocycles. The lowest BCUT2D eigenvalue weighted by Gasteiger charge is -2.22. The molecule has 0 bridgehead atoms. The standard InChI is InChI=1S/C57H39N3.C54H35N3/c1-57(2)49-21-8-3-16-41(49)42-29-28-40(35-50(42)57)60-54-25-12-7-20-46(54)48-33-37(27-31-56(48)60)36-26-30-55-47(32-36)45-19-6-11-24-53(45)59(55)39-15-13-14-38(34-39)58-51-22-9-4-17-43(51)44-18-5-10-23-52(44)58;1-2-15-36(16-3-1)41-19-4-9-24-48(41)57-52-28-13-8-23-45(52)47-34-38(30-32-54(47)57)37-29-31-53-46(33-37)44-22-7-12-27-51(44)56(53)40-18-14-17-39(35-40)55-49-25-10-5-20-42(49)43-21-6-11-26-50(43)55/h3-35H,1-2H3;1-35H. The minimum Gasteiger partial charge on any atom is -0.309 e. The highest BCUT2D eigenvalue weighted by Crippen LogP contribution is 2.51. The third-order valence-electron chi connectivity index (χ3n) is 25.3. The molecule has 0 N–H and O–H groups in total. The maximum absolute atomic E-state index is 2.46. The van der Waals surface area contributed by atoms with Crippen molar-refractivity contribution in [2.45, 2.75) is 19.3 Å².